The van der Waals surface area contributed by atoms with Gasteiger partial charge in [-0.3, -0.25) is 4.98 Å². The molecule has 8 aromatic heterocycles. The third-order valence-corrected chi connectivity index (χ3v) is 15.5. The summed E-state index contributed by atoms with van der Waals surface area (Å²) < 4.78 is 14.0. The zero-order valence-corrected chi connectivity index (χ0v) is 65.9. The molecule has 500 valence electrons. The van der Waals surface area contributed by atoms with Crippen molar-refractivity contribution in [3.05, 3.63) is 170 Å². The molecule has 0 N–H and O–H groups in total. The molecule has 0 fully saturated rings. The van der Waals surface area contributed by atoms with Gasteiger partial charge in [-0.05, 0) is 159 Å². The Balaban J connectivity index is 0.000000515. The minimum atomic E-state index is -0.410. The highest BCUT2D eigenvalue weighted by molar-refractivity contribution is 9.11. The summed E-state index contributed by atoms with van der Waals surface area (Å²) in [7, 11) is 0. The van der Waals surface area contributed by atoms with Crippen LogP contribution in [0.4, 0.5) is 4.39 Å². The summed E-state index contributed by atoms with van der Waals surface area (Å²) in [6, 6.07) is 7.05. The van der Waals surface area contributed by atoms with Gasteiger partial charge in [0.1, 0.15) is 17.3 Å². The molecule has 90 heavy (non-hydrogen) atoms. The van der Waals surface area contributed by atoms with Gasteiger partial charge in [0.25, 0.3) is 0 Å². The van der Waals surface area contributed by atoms with Crippen LogP contribution < -0.4 is 0 Å². The third-order valence-electron chi connectivity index (χ3n) is 11.0. The van der Waals surface area contributed by atoms with E-state index in [1.807, 2.05) is 80.3 Å². The fourth-order valence-electron chi connectivity index (χ4n) is 8.04. The maximum atomic E-state index is 12.4. The van der Waals surface area contributed by atoms with E-state index in [1.54, 1.807) is 63.9 Å². The lowest BCUT2D eigenvalue weighted by atomic mass is 9.89. The van der Waals surface area contributed by atoms with Crippen LogP contribution in [-0.2, 0) is 51.4 Å². The van der Waals surface area contributed by atoms with Crippen LogP contribution >= 0.6 is 84.5 Å². The number of hydrogen-bond acceptors (Lipinski definition) is 14. The molecule has 0 bridgehead atoms. The maximum Gasteiger partial charge on any atom is 0.212 e. The topological polar surface area (TPSA) is 129 Å². The minimum Gasteiger partial charge on any atom is -0.253 e. The Morgan fingerprint density at radius 1 is 0.367 bits per heavy atom. The Labute approximate surface area is 579 Å². The van der Waals surface area contributed by atoms with Crippen LogP contribution in [0.2, 0.25) is 9.62 Å². The lowest BCUT2D eigenvalue weighted by Gasteiger charge is -2.17. The predicted molar refractivity (Wildman–Crippen MR) is 393 cm³/mol. The third kappa shape index (κ3) is 49.6. The van der Waals surface area contributed by atoms with Gasteiger partial charge >= 0.3 is 0 Å². The van der Waals surface area contributed by atoms with Gasteiger partial charge in [0.05, 0.1) is 10.5 Å². The summed E-state index contributed by atoms with van der Waals surface area (Å²) in [5, 5.41) is 1.73. The first-order valence-electron chi connectivity index (χ1n) is 30.7. The summed E-state index contributed by atoms with van der Waals surface area (Å²) in [6.07, 6.45) is 28.8. The highest BCUT2D eigenvalue weighted by atomic mass is 79.9. The molecule has 0 radical (unpaired) electrons. The summed E-state index contributed by atoms with van der Waals surface area (Å²) in [6.45, 7) is 57.1. The van der Waals surface area contributed by atoms with Gasteiger partial charge in [-0.2, -0.15) is 4.39 Å². The Bertz CT molecular complexity index is 2870. The second-order valence-corrected chi connectivity index (χ2v) is 39.0. The Morgan fingerprint density at radius 2 is 0.744 bits per heavy atom. The van der Waals surface area contributed by atoms with E-state index in [0.29, 0.717) is 47.5 Å². The van der Waals surface area contributed by atoms with E-state index in [1.165, 1.54) is 47.3 Å². The smallest absolute Gasteiger partial charge is 0.212 e. The molecule has 0 aliphatic carbocycles. The van der Waals surface area contributed by atoms with Crippen LogP contribution in [0, 0.1) is 63.1 Å². The largest absolute Gasteiger partial charge is 0.253 e. The first kappa shape index (κ1) is 84.0. The minimum absolute atomic E-state index is 0.236. The van der Waals surface area contributed by atoms with E-state index in [0.717, 1.165) is 66.7 Å². The summed E-state index contributed by atoms with van der Waals surface area (Å²) >= 11 is 21.5. The second kappa shape index (κ2) is 39.0. The van der Waals surface area contributed by atoms with E-state index in [4.69, 9.17) is 23.2 Å². The SMILES string of the molecule is CC(C)(C)Cc1ccc(Cl)nc1.CC(C)(C)Cc1ccc(F)nc1.CC(C)(C)Cc1cnc(Br)s1.CC(C)(C)Cc1cnc(Cl)s1.CC(C)(C)Cc1cncnc1.CC(C)(C)Cc1cncs1.Cc1ncc(CC(C)(C)C)cn1.Cc1ncc(CC(C)(C)C)s1. The lowest BCUT2D eigenvalue weighted by Crippen LogP contribution is -2.09. The fourth-order valence-corrected chi connectivity index (χ4v) is 13.1. The molecule has 0 saturated heterocycles. The molecular formula is C72H110BrCl2FN10S4. The molecule has 8 heterocycles. The van der Waals surface area contributed by atoms with Crippen molar-refractivity contribution in [3.8, 4) is 0 Å². The Morgan fingerprint density at radius 3 is 1.09 bits per heavy atom. The van der Waals surface area contributed by atoms with Crippen molar-refractivity contribution in [2.45, 2.75) is 231 Å². The van der Waals surface area contributed by atoms with Crippen molar-refractivity contribution >= 4 is 84.5 Å². The maximum absolute atomic E-state index is 12.4. The van der Waals surface area contributed by atoms with Crippen LogP contribution in [0.5, 0.6) is 0 Å². The number of aryl methyl sites for hydroxylation is 2. The van der Waals surface area contributed by atoms with Gasteiger partial charge in [0, 0.05) is 81.5 Å². The lowest BCUT2D eigenvalue weighted by molar-refractivity contribution is 0.409. The fraction of sp³-hybridized carbons (Fsp3) is 0.583. The number of hydrogen-bond donors (Lipinski definition) is 0. The average molecular weight is 1410 g/mol. The van der Waals surface area contributed by atoms with E-state index in [-0.39, 0.29) is 5.41 Å². The molecule has 0 unspecified atom stereocenters. The highest BCUT2D eigenvalue weighted by Crippen LogP contribution is 2.29. The van der Waals surface area contributed by atoms with Gasteiger partial charge in [-0.25, -0.2) is 44.9 Å². The van der Waals surface area contributed by atoms with Crippen molar-refractivity contribution in [1.82, 2.24) is 49.8 Å². The number of thiazole rings is 4. The van der Waals surface area contributed by atoms with Crippen LogP contribution in [0.25, 0.3) is 0 Å². The molecule has 10 nitrogen and oxygen atoms in total. The molecule has 0 amide bonds. The average Bonchev–Trinajstić information content (AvgIpc) is 3.23. The monoisotopic (exact) mass is 1410 g/mol. The molecule has 0 atom stereocenters. The molecule has 0 saturated carbocycles. The number of nitrogens with zero attached hydrogens (tertiary/aromatic N) is 10. The molecule has 0 spiro atoms. The van der Waals surface area contributed by atoms with Crippen LogP contribution in [-0.4, -0.2) is 49.8 Å². The Kier molecular flexibility index (Phi) is 36.4. The van der Waals surface area contributed by atoms with E-state index in [2.05, 4.69) is 239 Å². The normalized spacial score (nSPS) is 11.8. The van der Waals surface area contributed by atoms with Crippen molar-refractivity contribution < 1.29 is 4.39 Å². The molecule has 8 rings (SSSR count). The summed E-state index contributed by atoms with van der Waals surface area (Å²) in [4.78, 5) is 45.6. The standard InChI is InChI=1S/C10H14ClN.C10H14FN.C10H16N2.C9H14N2.C9H15NS.C8H12BrNS.C8H12ClNS.C8H13NS/c2*1-10(2,3)6-8-4-5-9(11)12-7-8;1-8-11-6-9(7-12-8)5-10(2,3)4;1-9(2,3)4-8-5-10-7-11-6-8;1-7-10-6-8(11-7)5-9(2,3)4;2*1-8(2,3)4-6-5-10-7(9)11-6;1-8(2,3)4-7-5-9-6-10-7/h2*4-5,7H,6H2,1-3H3;6-7H,5H2,1-4H3;5-7H,4H2,1-3H3;6H,5H2,1-4H3;2*5H,4H2,1-3H3;5-6H,4H2,1-3H3. The van der Waals surface area contributed by atoms with Crippen molar-refractivity contribution in [3.63, 3.8) is 0 Å². The van der Waals surface area contributed by atoms with Crippen molar-refractivity contribution in [2.24, 2.45) is 43.3 Å². The second-order valence-electron chi connectivity index (χ2n) is 32.2. The van der Waals surface area contributed by atoms with Gasteiger partial charge in [0.15, 0.2) is 8.38 Å². The van der Waals surface area contributed by atoms with Gasteiger partial charge in [-0.1, -0.05) is 202 Å². The number of aromatic nitrogens is 10. The van der Waals surface area contributed by atoms with Gasteiger partial charge in [0.2, 0.25) is 5.95 Å². The van der Waals surface area contributed by atoms with E-state index < -0.39 is 5.95 Å². The molecule has 0 aliphatic rings. The number of pyridine rings is 2. The van der Waals surface area contributed by atoms with Crippen molar-refractivity contribution in [1.29, 1.82) is 0 Å². The number of halogens is 4. The zero-order valence-electron chi connectivity index (χ0n) is 59.5. The summed E-state index contributed by atoms with van der Waals surface area (Å²) in [5.41, 5.74) is 9.32. The van der Waals surface area contributed by atoms with Gasteiger partial charge in [-0.15, -0.1) is 45.3 Å². The van der Waals surface area contributed by atoms with Crippen LogP contribution in [0.3, 0.4) is 0 Å². The first-order chi connectivity index (χ1) is 41.0. The quantitative estimate of drug-likeness (QED) is 0.136. The van der Waals surface area contributed by atoms with Gasteiger partial charge < -0.3 is 0 Å². The zero-order chi connectivity index (χ0) is 69.0. The van der Waals surface area contributed by atoms with Crippen molar-refractivity contribution in [2.75, 3.05) is 0 Å². The summed E-state index contributed by atoms with van der Waals surface area (Å²) in [5.74, 6) is 0.431. The van der Waals surface area contributed by atoms with E-state index in [9.17, 15) is 4.39 Å². The molecule has 18 heteroatoms. The van der Waals surface area contributed by atoms with Crippen LogP contribution in [0.1, 0.15) is 219 Å². The molecule has 0 aliphatic heterocycles. The highest BCUT2D eigenvalue weighted by Gasteiger charge is 2.17. The predicted octanol–water partition coefficient (Wildman–Crippen LogP) is 23.2. The first-order valence-corrected chi connectivity index (χ1v) is 35.6. The van der Waals surface area contributed by atoms with E-state index >= 15 is 0 Å². The van der Waals surface area contributed by atoms with Crippen LogP contribution in [0.15, 0.2) is 102 Å². The molecule has 0 aromatic carbocycles. The Hall–Kier alpha value is -4.03. The molecule has 8 aromatic rings. The number of rotatable bonds is 8. The molecular weight excluding hydrogens is 1300 g/mol.